The molecule has 1 heterocycles. The predicted octanol–water partition coefficient (Wildman–Crippen LogP) is 3.37. The summed E-state index contributed by atoms with van der Waals surface area (Å²) >= 11 is 0. The minimum atomic E-state index is 0.734. The average Bonchev–Trinajstić information content (AvgIpc) is 3.35. The molecule has 21 heavy (non-hydrogen) atoms. The lowest BCUT2D eigenvalue weighted by molar-refractivity contribution is 0.418. The molecule has 2 aromatic rings. The van der Waals surface area contributed by atoms with Crippen LogP contribution in [0.2, 0.25) is 0 Å². The first kappa shape index (κ1) is 13.1. The van der Waals surface area contributed by atoms with Crippen LogP contribution < -0.4 is 10.1 Å². The van der Waals surface area contributed by atoms with Crippen molar-refractivity contribution in [2.45, 2.75) is 51.1 Å². The molecule has 2 aliphatic carbocycles. The number of methoxy groups -OCH3 is 1. The van der Waals surface area contributed by atoms with Gasteiger partial charge in [0, 0.05) is 23.7 Å². The van der Waals surface area contributed by atoms with Gasteiger partial charge in [-0.25, -0.2) is 4.98 Å². The number of nitrogens with one attached hydrogen (secondary N) is 1. The van der Waals surface area contributed by atoms with Gasteiger partial charge in [-0.15, -0.1) is 0 Å². The summed E-state index contributed by atoms with van der Waals surface area (Å²) in [5.41, 5.74) is 5.29. The highest BCUT2D eigenvalue weighted by Crippen LogP contribution is 2.33. The molecule has 3 nitrogen and oxygen atoms in total. The van der Waals surface area contributed by atoms with Crippen molar-refractivity contribution in [3.63, 3.8) is 0 Å². The molecule has 0 amide bonds. The normalized spacial score (nSPS) is 17.8. The molecule has 0 saturated heterocycles. The van der Waals surface area contributed by atoms with E-state index in [1.807, 2.05) is 6.07 Å². The van der Waals surface area contributed by atoms with Gasteiger partial charge in [0.1, 0.15) is 11.3 Å². The Bertz CT molecular complexity index is 676. The minimum Gasteiger partial charge on any atom is -0.494 e. The molecule has 1 aromatic carbocycles. The van der Waals surface area contributed by atoms with Crippen LogP contribution in [0.3, 0.4) is 0 Å². The second kappa shape index (κ2) is 5.30. The number of benzene rings is 1. The van der Waals surface area contributed by atoms with Crippen LogP contribution in [0.25, 0.3) is 10.9 Å². The molecular formula is C18H22N2O. The van der Waals surface area contributed by atoms with E-state index in [0.717, 1.165) is 30.3 Å². The highest BCUT2D eigenvalue weighted by atomic mass is 16.5. The lowest BCUT2D eigenvalue weighted by Gasteiger charge is -2.22. The van der Waals surface area contributed by atoms with Crippen LogP contribution in [0, 0.1) is 0 Å². The number of nitrogens with zero attached hydrogens (tertiary/aromatic N) is 1. The topological polar surface area (TPSA) is 34.1 Å². The molecule has 1 N–H and O–H groups in total. The van der Waals surface area contributed by atoms with Gasteiger partial charge in [0.2, 0.25) is 0 Å². The molecule has 0 bridgehead atoms. The summed E-state index contributed by atoms with van der Waals surface area (Å²) in [6.07, 6.45) is 7.50. The standard InChI is InChI=1S/C18H22N2O/c1-21-17-8-4-6-14-15(11-19-12-9-10-12)13-5-2-3-7-16(13)20-18(14)17/h4,6,8,12,19H,2-3,5,7,9-11H2,1H3. The van der Waals surface area contributed by atoms with E-state index in [-0.39, 0.29) is 0 Å². The van der Waals surface area contributed by atoms with Crippen LogP contribution in [-0.2, 0) is 19.4 Å². The van der Waals surface area contributed by atoms with Gasteiger partial charge < -0.3 is 10.1 Å². The van der Waals surface area contributed by atoms with E-state index < -0.39 is 0 Å². The summed E-state index contributed by atoms with van der Waals surface area (Å²) in [4.78, 5) is 4.94. The fourth-order valence-corrected chi connectivity index (χ4v) is 3.42. The Balaban J connectivity index is 1.88. The molecule has 2 aliphatic rings. The smallest absolute Gasteiger partial charge is 0.145 e. The lowest BCUT2D eigenvalue weighted by Crippen LogP contribution is -2.19. The third-order valence-corrected chi connectivity index (χ3v) is 4.74. The molecule has 3 heteroatoms. The number of pyridine rings is 1. The van der Waals surface area contributed by atoms with Gasteiger partial charge in [-0.2, -0.15) is 0 Å². The quantitative estimate of drug-likeness (QED) is 0.933. The number of rotatable bonds is 4. The predicted molar refractivity (Wildman–Crippen MR) is 84.8 cm³/mol. The van der Waals surface area contributed by atoms with E-state index >= 15 is 0 Å². The first-order chi connectivity index (χ1) is 10.4. The molecule has 0 spiro atoms. The second-order valence-electron chi connectivity index (χ2n) is 6.23. The molecule has 1 aromatic heterocycles. The van der Waals surface area contributed by atoms with Crippen molar-refractivity contribution in [3.8, 4) is 5.75 Å². The maximum absolute atomic E-state index is 5.53. The van der Waals surface area contributed by atoms with Gasteiger partial charge in [-0.3, -0.25) is 0 Å². The molecule has 110 valence electrons. The van der Waals surface area contributed by atoms with Crippen LogP contribution in [0.4, 0.5) is 0 Å². The summed E-state index contributed by atoms with van der Waals surface area (Å²) < 4.78 is 5.53. The molecular weight excluding hydrogens is 260 g/mol. The van der Waals surface area contributed by atoms with Gasteiger partial charge in [-0.05, 0) is 55.7 Å². The van der Waals surface area contributed by atoms with Crippen LogP contribution >= 0.6 is 0 Å². The van der Waals surface area contributed by atoms with E-state index in [1.165, 1.54) is 54.3 Å². The summed E-state index contributed by atoms with van der Waals surface area (Å²) in [5.74, 6) is 0.897. The Morgan fingerprint density at radius 2 is 2.10 bits per heavy atom. The number of hydrogen-bond donors (Lipinski definition) is 1. The first-order valence-corrected chi connectivity index (χ1v) is 8.07. The summed E-state index contributed by atoms with van der Waals surface area (Å²) in [6.45, 7) is 0.971. The van der Waals surface area contributed by atoms with Crippen molar-refractivity contribution >= 4 is 10.9 Å². The SMILES string of the molecule is COc1cccc2c(CNC3CC3)c3c(nc12)CCCC3. The van der Waals surface area contributed by atoms with Crippen molar-refractivity contribution < 1.29 is 4.74 Å². The number of para-hydroxylation sites is 1. The number of ether oxygens (including phenoxy) is 1. The number of hydrogen-bond acceptors (Lipinski definition) is 3. The lowest BCUT2D eigenvalue weighted by atomic mass is 9.89. The zero-order valence-electron chi connectivity index (χ0n) is 12.6. The van der Waals surface area contributed by atoms with Crippen LogP contribution in [0.5, 0.6) is 5.75 Å². The molecule has 0 unspecified atom stereocenters. The number of aromatic nitrogens is 1. The molecule has 4 rings (SSSR count). The molecule has 0 atom stereocenters. The molecule has 1 saturated carbocycles. The van der Waals surface area contributed by atoms with E-state index in [9.17, 15) is 0 Å². The van der Waals surface area contributed by atoms with E-state index in [4.69, 9.17) is 9.72 Å². The Morgan fingerprint density at radius 1 is 1.24 bits per heavy atom. The average molecular weight is 282 g/mol. The third kappa shape index (κ3) is 2.40. The van der Waals surface area contributed by atoms with E-state index in [1.54, 1.807) is 7.11 Å². The monoisotopic (exact) mass is 282 g/mol. The van der Waals surface area contributed by atoms with Gasteiger partial charge in [0.15, 0.2) is 0 Å². The van der Waals surface area contributed by atoms with Crippen molar-refractivity contribution in [1.82, 2.24) is 10.3 Å². The maximum atomic E-state index is 5.53. The van der Waals surface area contributed by atoms with Crippen LogP contribution in [-0.4, -0.2) is 18.1 Å². The van der Waals surface area contributed by atoms with Crippen molar-refractivity contribution in [1.29, 1.82) is 0 Å². The third-order valence-electron chi connectivity index (χ3n) is 4.74. The zero-order chi connectivity index (χ0) is 14.2. The highest BCUT2D eigenvalue weighted by Gasteiger charge is 2.23. The second-order valence-corrected chi connectivity index (χ2v) is 6.23. The number of fused-ring (bicyclic) bond motifs is 2. The molecule has 0 aliphatic heterocycles. The maximum Gasteiger partial charge on any atom is 0.145 e. The Kier molecular flexibility index (Phi) is 3.30. The molecule has 0 radical (unpaired) electrons. The van der Waals surface area contributed by atoms with Crippen molar-refractivity contribution in [2.24, 2.45) is 0 Å². The summed E-state index contributed by atoms with van der Waals surface area (Å²) in [6, 6.07) is 7.03. The Morgan fingerprint density at radius 3 is 2.90 bits per heavy atom. The van der Waals surface area contributed by atoms with Gasteiger partial charge in [0.05, 0.1) is 7.11 Å². The van der Waals surface area contributed by atoms with E-state index in [0.29, 0.717) is 0 Å². The van der Waals surface area contributed by atoms with Gasteiger partial charge >= 0.3 is 0 Å². The fourth-order valence-electron chi connectivity index (χ4n) is 3.42. The zero-order valence-corrected chi connectivity index (χ0v) is 12.6. The first-order valence-electron chi connectivity index (χ1n) is 8.07. The highest BCUT2D eigenvalue weighted by molar-refractivity contribution is 5.88. The van der Waals surface area contributed by atoms with Crippen molar-refractivity contribution in [3.05, 3.63) is 35.0 Å². The van der Waals surface area contributed by atoms with Gasteiger partial charge in [-0.1, -0.05) is 12.1 Å². The van der Waals surface area contributed by atoms with Crippen molar-refractivity contribution in [2.75, 3.05) is 7.11 Å². The van der Waals surface area contributed by atoms with Crippen LogP contribution in [0.1, 0.15) is 42.5 Å². The Hall–Kier alpha value is -1.61. The van der Waals surface area contributed by atoms with Gasteiger partial charge in [0.25, 0.3) is 0 Å². The fraction of sp³-hybridized carbons (Fsp3) is 0.500. The van der Waals surface area contributed by atoms with Crippen LogP contribution in [0.15, 0.2) is 18.2 Å². The number of aryl methyl sites for hydroxylation is 1. The molecule has 1 fully saturated rings. The minimum absolute atomic E-state index is 0.734. The Labute approximate surface area is 125 Å². The van der Waals surface area contributed by atoms with E-state index in [2.05, 4.69) is 17.4 Å². The largest absolute Gasteiger partial charge is 0.494 e. The summed E-state index contributed by atoms with van der Waals surface area (Å²) in [7, 11) is 1.73. The summed E-state index contributed by atoms with van der Waals surface area (Å²) in [5, 5.41) is 4.95.